The van der Waals surface area contributed by atoms with E-state index in [0.29, 0.717) is 4.47 Å². The van der Waals surface area contributed by atoms with Crippen LogP contribution in [-0.2, 0) is 0 Å². The minimum absolute atomic E-state index is 0.275. The maximum Gasteiger partial charge on any atom is 0.137 e. The van der Waals surface area contributed by atoms with Crippen LogP contribution in [0.25, 0.3) is 11.1 Å². The zero-order valence-electron chi connectivity index (χ0n) is 8.60. The molecule has 82 valence electrons. The molecule has 0 radical (unpaired) electrons. The van der Waals surface area contributed by atoms with Crippen LogP contribution in [0.3, 0.4) is 0 Å². The monoisotopic (exact) mass is 282 g/mol. The highest BCUT2D eigenvalue weighted by Gasteiger charge is 2.07. The van der Waals surface area contributed by atoms with Gasteiger partial charge < -0.3 is 0 Å². The zero-order valence-corrected chi connectivity index (χ0v) is 10.2. The molecule has 0 aliphatic heterocycles. The number of halogens is 3. The molecule has 0 saturated heterocycles. The average Bonchev–Trinajstić information content (AvgIpc) is 2.25. The van der Waals surface area contributed by atoms with Crippen LogP contribution in [0.5, 0.6) is 0 Å². The molecule has 0 saturated carbocycles. The van der Waals surface area contributed by atoms with Gasteiger partial charge in [0, 0.05) is 0 Å². The van der Waals surface area contributed by atoms with Crippen LogP contribution < -0.4 is 0 Å². The molecule has 2 rings (SSSR count). The van der Waals surface area contributed by atoms with Crippen LogP contribution >= 0.6 is 15.9 Å². The van der Waals surface area contributed by atoms with E-state index in [1.54, 1.807) is 18.2 Å². The largest absolute Gasteiger partial charge is 0.207 e. The second kappa shape index (κ2) is 4.34. The van der Waals surface area contributed by atoms with Crippen molar-refractivity contribution in [1.82, 2.24) is 0 Å². The van der Waals surface area contributed by atoms with Crippen LogP contribution in [0.4, 0.5) is 8.78 Å². The fourth-order valence-electron chi connectivity index (χ4n) is 1.59. The van der Waals surface area contributed by atoms with Crippen molar-refractivity contribution < 1.29 is 8.78 Å². The van der Waals surface area contributed by atoms with Crippen molar-refractivity contribution in [1.29, 1.82) is 0 Å². The lowest BCUT2D eigenvalue weighted by atomic mass is 10.0. The molecule has 3 heteroatoms. The summed E-state index contributed by atoms with van der Waals surface area (Å²) in [6.45, 7) is 1.83. The number of hydrogen-bond acceptors (Lipinski definition) is 0. The minimum atomic E-state index is -0.289. The smallest absolute Gasteiger partial charge is 0.137 e. The molecular weight excluding hydrogens is 274 g/mol. The van der Waals surface area contributed by atoms with E-state index in [1.807, 2.05) is 6.92 Å². The van der Waals surface area contributed by atoms with E-state index in [9.17, 15) is 8.78 Å². The van der Waals surface area contributed by atoms with Crippen LogP contribution in [-0.4, -0.2) is 0 Å². The maximum absolute atomic E-state index is 13.2. The summed E-state index contributed by atoms with van der Waals surface area (Å²) in [6, 6.07) is 9.32. The van der Waals surface area contributed by atoms with Gasteiger partial charge in [-0.05, 0) is 63.8 Å². The molecule has 0 nitrogen and oxygen atoms in total. The van der Waals surface area contributed by atoms with E-state index in [0.717, 1.165) is 16.7 Å². The quantitative estimate of drug-likeness (QED) is 0.711. The molecule has 0 aliphatic rings. The molecule has 0 fully saturated rings. The maximum atomic E-state index is 13.2. The van der Waals surface area contributed by atoms with Crippen LogP contribution in [0.2, 0.25) is 0 Å². The number of aryl methyl sites for hydroxylation is 1. The topological polar surface area (TPSA) is 0 Å². The summed E-state index contributed by atoms with van der Waals surface area (Å²) in [7, 11) is 0. The highest BCUT2D eigenvalue weighted by Crippen LogP contribution is 2.28. The molecule has 0 unspecified atom stereocenters. The molecule has 0 bridgehead atoms. The average molecular weight is 283 g/mol. The van der Waals surface area contributed by atoms with Crippen molar-refractivity contribution in [3.63, 3.8) is 0 Å². The highest BCUT2D eigenvalue weighted by atomic mass is 79.9. The van der Waals surface area contributed by atoms with Gasteiger partial charge in [0.05, 0.1) is 4.47 Å². The number of rotatable bonds is 1. The molecule has 0 atom stereocenters. The van der Waals surface area contributed by atoms with Crippen molar-refractivity contribution >= 4 is 15.9 Å². The zero-order chi connectivity index (χ0) is 11.7. The van der Waals surface area contributed by atoms with Gasteiger partial charge in [-0.3, -0.25) is 0 Å². The third-order valence-electron chi connectivity index (χ3n) is 2.42. The summed E-state index contributed by atoms with van der Waals surface area (Å²) < 4.78 is 26.4. The van der Waals surface area contributed by atoms with E-state index < -0.39 is 0 Å². The van der Waals surface area contributed by atoms with Crippen LogP contribution in [0.1, 0.15) is 5.56 Å². The summed E-state index contributed by atoms with van der Waals surface area (Å²) in [4.78, 5) is 0. The van der Waals surface area contributed by atoms with Crippen molar-refractivity contribution in [2.45, 2.75) is 6.92 Å². The highest BCUT2D eigenvalue weighted by molar-refractivity contribution is 9.10. The molecule has 0 heterocycles. The number of hydrogen-bond donors (Lipinski definition) is 0. The van der Waals surface area contributed by atoms with Gasteiger partial charge in [0.2, 0.25) is 0 Å². The molecule has 0 aliphatic carbocycles. The first kappa shape index (κ1) is 11.3. The second-order valence-corrected chi connectivity index (χ2v) is 4.44. The van der Waals surface area contributed by atoms with Gasteiger partial charge in [0.1, 0.15) is 11.6 Å². The SMILES string of the molecule is Cc1cc(F)c(Br)cc1-c1ccc(F)cc1. The van der Waals surface area contributed by atoms with Crippen molar-refractivity contribution in [2.75, 3.05) is 0 Å². The first-order chi connectivity index (χ1) is 7.58. The Morgan fingerprint density at radius 2 is 1.62 bits per heavy atom. The second-order valence-electron chi connectivity index (χ2n) is 3.59. The summed E-state index contributed by atoms with van der Waals surface area (Å²) in [5.41, 5.74) is 2.60. The van der Waals surface area contributed by atoms with Gasteiger partial charge in [-0.25, -0.2) is 8.78 Å². The van der Waals surface area contributed by atoms with Gasteiger partial charge in [-0.15, -0.1) is 0 Å². The summed E-state index contributed by atoms with van der Waals surface area (Å²) >= 11 is 3.14. The molecule has 2 aromatic rings. The summed E-state index contributed by atoms with van der Waals surface area (Å²) in [6.07, 6.45) is 0. The Morgan fingerprint density at radius 3 is 2.25 bits per heavy atom. The predicted molar refractivity (Wildman–Crippen MR) is 64.2 cm³/mol. The van der Waals surface area contributed by atoms with Crippen LogP contribution in [0, 0.1) is 18.6 Å². The van der Waals surface area contributed by atoms with Gasteiger partial charge in [0.25, 0.3) is 0 Å². The predicted octanol–water partition coefficient (Wildman–Crippen LogP) is 4.70. The summed E-state index contributed by atoms with van der Waals surface area (Å²) in [5, 5.41) is 0. The standard InChI is InChI=1S/C13H9BrF2/c1-8-6-13(16)12(14)7-11(8)9-2-4-10(15)5-3-9/h2-7H,1H3. The first-order valence-corrected chi connectivity index (χ1v) is 5.59. The third-order valence-corrected chi connectivity index (χ3v) is 3.03. The van der Waals surface area contributed by atoms with E-state index in [-0.39, 0.29) is 11.6 Å². The van der Waals surface area contributed by atoms with Crippen molar-refractivity contribution in [3.8, 4) is 11.1 Å². The Labute approximate surface area is 101 Å². The summed E-state index contributed by atoms with van der Waals surface area (Å²) in [5.74, 6) is -0.564. The molecule has 0 spiro atoms. The third kappa shape index (κ3) is 2.14. The van der Waals surface area contributed by atoms with Gasteiger partial charge >= 0.3 is 0 Å². The lowest BCUT2D eigenvalue weighted by molar-refractivity contribution is 0.620. The van der Waals surface area contributed by atoms with E-state index >= 15 is 0 Å². The molecule has 0 aromatic heterocycles. The fraction of sp³-hybridized carbons (Fsp3) is 0.0769. The Hall–Kier alpha value is -1.22. The fourth-order valence-corrected chi connectivity index (χ4v) is 1.93. The number of benzene rings is 2. The minimum Gasteiger partial charge on any atom is -0.207 e. The normalized spacial score (nSPS) is 10.5. The Bertz CT molecular complexity index is 518. The molecule has 2 aromatic carbocycles. The molecular formula is C13H9BrF2. The van der Waals surface area contributed by atoms with Gasteiger partial charge in [0.15, 0.2) is 0 Å². The Kier molecular flexibility index (Phi) is 3.06. The molecule has 0 amide bonds. The molecule has 0 N–H and O–H groups in total. The van der Waals surface area contributed by atoms with Gasteiger partial charge in [-0.2, -0.15) is 0 Å². The Morgan fingerprint density at radius 1 is 1.00 bits per heavy atom. The van der Waals surface area contributed by atoms with Crippen LogP contribution in [0.15, 0.2) is 40.9 Å². The van der Waals surface area contributed by atoms with E-state index in [1.165, 1.54) is 18.2 Å². The Balaban J connectivity index is 2.56. The van der Waals surface area contributed by atoms with E-state index in [4.69, 9.17) is 0 Å². The van der Waals surface area contributed by atoms with Crippen molar-refractivity contribution in [3.05, 3.63) is 58.1 Å². The van der Waals surface area contributed by atoms with E-state index in [2.05, 4.69) is 15.9 Å². The lowest BCUT2D eigenvalue weighted by Crippen LogP contribution is -1.87. The first-order valence-electron chi connectivity index (χ1n) is 4.79. The molecule has 16 heavy (non-hydrogen) atoms. The lowest BCUT2D eigenvalue weighted by Gasteiger charge is -2.07. The van der Waals surface area contributed by atoms with Gasteiger partial charge in [-0.1, -0.05) is 12.1 Å². The van der Waals surface area contributed by atoms with Crippen molar-refractivity contribution in [2.24, 2.45) is 0 Å².